The van der Waals surface area contributed by atoms with Crippen molar-refractivity contribution in [3.8, 4) is 0 Å². The van der Waals surface area contributed by atoms with E-state index in [0.717, 1.165) is 36.7 Å². The molecule has 7 heteroatoms. The molecule has 1 saturated carbocycles. The fourth-order valence-electron chi connectivity index (χ4n) is 2.15. The van der Waals surface area contributed by atoms with Crippen LogP contribution in [0.3, 0.4) is 0 Å². The van der Waals surface area contributed by atoms with Crippen LogP contribution >= 0.6 is 0 Å². The first kappa shape index (κ1) is 12.6. The van der Waals surface area contributed by atoms with Crippen LogP contribution in [0.1, 0.15) is 24.6 Å². The minimum absolute atomic E-state index is 0.135. The number of halogens is 1. The minimum atomic E-state index is -0.528. The molecule has 0 amide bonds. The standard InChI is InChI=1S/C13H13FN4O2/c14-9-1-4-13(18(19)20)12(5-9)16-7-11-6-15-8-17(11)10-2-3-10/h1,4-6,8,10,16H,2-3,7H2. The molecule has 104 valence electrons. The van der Waals surface area contributed by atoms with Gasteiger partial charge in [-0.3, -0.25) is 10.1 Å². The van der Waals surface area contributed by atoms with Crippen molar-refractivity contribution in [1.82, 2.24) is 9.55 Å². The molecule has 3 rings (SSSR count). The number of hydrogen-bond donors (Lipinski definition) is 1. The average molecular weight is 276 g/mol. The summed E-state index contributed by atoms with van der Waals surface area (Å²) in [5.74, 6) is -0.506. The summed E-state index contributed by atoms with van der Waals surface area (Å²) in [5, 5.41) is 13.8. The van der Waals surface area contributed by atoms with Crippen LogP contribution in [-0.2, 0) is 6.54 Å². The highest BCUT2D eigenvalue weighted by atomic mass is 19.1. The van der Waals surface area contributed by atoms with E-state index in [1.54, 1.807) is 12.5 Å². The van der Waals surface area contributed by atoms with Gasteiger partial charge in [-0.05, 0) is 18.9 Å². The summed E-state index contributed by atoms with van der Waals surface area (Å²) < 4.78 is 15.3. The third-order valence-electron chi connectivity index (χ3n) is 3.30. The van der Waals surface area contributed by atoms with Gasteiger partial charge in [-0.1, -0.05) is 0 Å². The van der Waals surface area contributed by atoms with Crippen LogP contribution in [0, 0.1) is 15.9 Å². The summed E-state index contributed by atoms with van der Waals surface area (Å²) in [6.45, 7) is 0.376. The normalized spacial score (nSPS) is 14.2. The molecule has 2 aromatic rings. The van der Waals surface area contributed by atoms with Gasteiger partial charge in [0.25, 0.3) is 5.69 Å². The quantitative estimate of drug-likeness (QED) is 0.673. The van der Waals surface area contributed by atoms with Crippen molar-refractivity contribution in [2.45, 2.75) is 25.4 Å². The van der Waals surface area contributed by atoms with Gasteiger partial charge in [0.2, 0.25) is 0 Å². The van der Waals surface area contributed by atoms with Gasteiger partial charge in [0.15, 0.2) is 0 Å². The molecule has 1 aliphatic rings. The molecule has 1 heterocycles. The van der Waals surface area contributed by atoms with E-state index in [1.165, 1.54) is 0 Å². The predicted molar refractivity (Wildman–Crippen MR) is 70.9 cm³/mol. The third kappa shape index (κ3) is 2.47. The fraction of sp³-hybridized carbons (Fsp3) is 0.308. The van der Waals surface area contributed by atoms with Crippen molar-refractivity contribution < 1.29 is 9.31 Å². The number of imidazole rings is 1. The van der Waals surface area contributed by atoms with Crippen molar-refractivity contribution >= 4 is 11.4 Å². The molecule has 1 aromatic carbocycles. The lowest BCUT2D eigenvalue weighted by molar-refractivity contribution is -0.384. The molecule has 1 fully saturated rings. The fourth-order valence-corrected chi connectivity index (χ4v) is 2.15. The molecule has 20 heavy (non-hydrogen) atoms. The first-order chi connectivity index (χ1) is 9.65. The third-order valence-corrected chi connectivity index (χ3v) is 3.30. The molecule has 0 atom stereocenters. The summed E-state index contributed by atoms with van der Waals surface area (Å²) in [6, 6.07) is 3.86. The maximum absolute atomic E-state index is 13.2. The van der Waals surface area contributed by atoms with Crippen molar-refractivity contribution in [2.24, 2.45) is 0 Å². The number of nitro benzene ring substituents is 1. The molecular formula is C13H13FN4O2. The lowest BCUT2D eigenvalue weighted by Gasteiger charge is -2.09. The highest BCUT2D eigenvalue weighted by molar-refractivity contribution is 5.61. The second kappa shape index (κ2) is 4.92. The Morgan fingerprint density at radius 3 is 3.00 bits per heavy atom. The van der Waals surface area contributed by atoms with E-state index in [2.05, 4.69) is 14.9 Å². The Morgan fingerprint density at radius 2 is 2.30 bits per heavy atom. The van der Waals surface area contributed by atoms with Gasteiger partial charge >= 0.3 is 0 Å². The zero-order valence-electron chi connectivity index (χ0n) is 10.6. The summed E-state index contributed by atoms with van der Waals surface area (Å²) in [5.41, 5.74) is 0.980. The highest BCUT2D eigenvalue weighted by Crippen LogP contribution is 2.36. The number of hydrogen-bond acceptors (Lipinski definition) is 4. The van der Waals surface area contributed by atoms with Crippen LogP contribution in [0.15, 0.2) is 30.7 Å². The van der Waals surface area contributed by atoms with E-state index < -0.39 is 10.7 Å². The Kier molecular flexibility index (Phi) is 3.09. The Morgan fingerprint density at radius 1 is 1.50 bits per heavy atom. The molecule has 0 unspecified atom stereocenters. The van der Waals surface area contributed by atoms with Crippen LogP contribution in [0.5, 0.6) is 0 Å². The van der Waals surface area contributed by atoms with E-state index in [4.69, 9.17) is 0 Å². The van der Waals surface area contributed by atoms with E-state index in [1.807, 2.05) is 0 Å². The lowest BCUT2D eigenvalue weighted by atomic mass is 10.2. The van der Waals surface area contributed by atoms with Crippen molar-refractivity contribution in [2.75, 3.05) is 5.32 Å². The van der Waals surface area contributed by atoms with Crippen LogP contribution in [0.2, 0.25) is 0 Å². The average Bonchev–Trinajstić information content (AvgIpc) is 3.15. The topological polar surface area (TPSA) is 73.0 Å². The van der Waals surface area contributed by atoms with Crippen LogP contribution < -0.4 is 5.32 Å². The first-order valence-corrected chi connectivity index (χ1v) is 6.33. The summed E-state index contributed by atoms with van der Waals surface area (Å²) in [4.78, 5) is 14.5. The first-order valence-electron chi connectivity index (χ1n) is 6.33. The number of rotatable bonds is 5. The lowest BCUT2D eigenvalue weighted by Crippen LogP contribution is -2.07. The molecule has 1 N–H and O–H groups in total. The van der Waals surface area contributed by atoms with Crippen LogP contribution in [0.4, 0.5) is 15.8 Å². The number of nitrogens with one attached hydrogen (secondary N) is 1. The predicted octanol–water partition coefficient (Wildman–Crippen LogP) is 2.88. The van der Waals surface area contributed by atoms with Gasteiger partial charge in [0, 0.05) is 24.4 Å². The van der Waals surface area contributed by atoms with Crippen molar-refractivity contribution in [3.05, 3.63) is 52.3 Å². The van der Waals surface area contributed by atoms with Crippen molar-refractivity contribution in [1.29, 1.82) is 0 Å². The molecule has 0 radical (unpaired) electrons. The zero-order valence-corrected chi connectivity index (χ0v) is 10.6. The zero-order chi connectivity index (χ0) is 14.1. The molecule has 0 spiro atoms. The Bertz CT molecular complexity index is 652. The highest BCUT2D eigenvalue weighted by Gasteiger charge is 2.25. The number of benzene rings is 1. The Labute approximate surface area is 114 Å². The summed E-state index contributed by atoms with van der Waals surface area (Å²) in [7, 11) is 0. The number of anilines is 1. The summed E-state index contributed by atoms with van der Waals surface area (Å²) >= 11 is 0. The van der Waals surface area contributed by atoms with Crippen molar-refractivity contribution in [3.63, 3.8) is 0 Å². The SMILES string of the molecule is O=[N+]([O-])c1ccc(F)cc1NCc1cncn1C1CC1. The smallest absolute Gasteiger partial charge is 0.292 e. The largest absolute Gasteiger partial charge is 0.374 e. The van der Waals surface area contributed by atoms with Crippen LogP contribution in [-0.4, -0.2) is 14.5 Å². The number of nitro groups is 1. The maximum Gasteiger partial charge on any atom is 0.292 e. The number of aromatic nitrogens is 2. The van der Waals surface area contributed by atoms with Gasteiger partial charge in [-0.2, -0.15) is 0 Å². The van der Waals surface area contributed by atoms with E-state index in [-0.39, 0.29) is 11.4 Å². The second-order valence-corrected chi connectivity index (χ2v) is 4.80. The van der Waals surface area contributed by atoms with E-state index in [9.17, 15) is 14.5 Å². The van der Waals surface area contributed by atoms with Gasteiger partial charge in [0.1, 0.15) is 11.5 Å². The Balaban J connectivity index is 1.79. The van der Waals surface area contributed by atoms with Gasteiger partial charge < -0.3 is 9.88 Å². The molecule has 1 aliphatic carbocycles. The molecule has 0 saturated heterocycles. The summed E-state index contributed by atoms with van der Waals surface area (Å²) in [6.07, 6.45) is 5.73. The van der Waals surface area contributed by atoms with Gasteiger partial charge in [0.05, 0.1) is 23.5 Å². The Hall–Kier alpha value is -2.44. The maximum atomic E-state index is 13.2. The molecule has 0 aliphatic heterocycles. The monoisotopic (exact) mass is 276 g/mol. The van der Waals surface area contributed by atoms with Crippen LogP contribution in [0.25, 0.3) is 0 Å². The molecule has 1 aromatic heterocycles. The van der Waals surface area contributed by atoms with Gasteiger partial charge in [-0.25, -0.2) is 9.37 Å². The van der Waals surface area contributed by atoms with E-state index in [0.29, 0.717) is 12.6 Å². The molecule has 0 bridgehead atoms. The minimum Gasteiger partial charge on any atom is -0.374 e. The van der Waals surface area contributed by atoms with Gasteiger partial charge in [-0.15, -0.1) is 0 Å². The number of nitrogens with zero attached hydrogens (tertiary/aromatic N) is 3. The second-order valence-electron chi connectivity index (χ2n) is 4.80. The molecular weight excluding hydrogens is 263 g/mol. The van der Waals surface area contributed by atoms with E-state index >= 15 is 0 Å². The molecule has 6 nitrogen and oxygen atoms in total.